The number of Topliss-reactive ketones (excluding diaryl/α,β-unsaturated/α-hetero) is 1. The van der Waals surface area contributed by atoms with Gasteiger partial charge in [0, 0.05) is 12.0 Å². The van der Waals surface area contributed by atoms with Crippen LogP contribution in [0.25, 0.3) is 5.76 Å². The van der Waals surface area contributed by atoms with Gasteiger partial charge < -0.3 is 24.1 Å². The number of thiazole rings is 1. The van der Waals surface area contributed by atoms with Gasteiger partial charge in [0.15, 0.2) is 16.6 Å². The van der Waals surface area contributed by atoms with Crippen LogP contribution in [-0.4, -0.2) is 54.7 Å². The largest absolute Gasteiger partial charge is 0.507 e. The second kappa shape index (κ2) is 11.1. The number of rotatable bonds is 8. The van der Waals surface area contributed by atoms with Crippen molar-refractivity contribution in [3.8, 4) is 17.2 Å². The molecule has 3 heterocycles. The van der Waals surface area contributed by atoms with E-state index in [1.165, 1.54) is 25.2 Å². The van der Waals surface area contributed by atoms with Gasteiger partial charge in [0.25, 0.3) is 5.78 Å². The Morgan fingerprint density at radius 2 is 1.95 bits per heavy atom. The van der Waals surface area contributed by atoms with Crippen LogP contribution in [0.4, 0.5) is 5.13 Å². The first-order valence-electron chi connectivity index (χ1n) is 12.8. The minimum absolute atomic E-state index is 0.00621. The van der Waals surface area contributed by atoms with Gasteiger partial charge in [-0.1, -0.05) is 30.1 Å². The van der Waals surface area contributed by atoms with Crippen LogP contribution in [0.3, 0.4) is 0 Å². The van der Waals surface area contributed by atoms with Crippen molar-refractivity contribution in [2.45, 2.75) is 32.4 Å². The Morgan fingerprint density at radius 3 is 2.66 bits per heavy atom. The van der Waals surface area contributed by atoms with Crippen molar-refractivity contribution in [3.05, 3.63) is 81.9 Å². The molecule has 0 spiro atoms. The number of aromatic nitrogens is 1. The molecule has 2 unspecified atom stereocenters. The molecule has 1 aromatic heterocycles. The fraction of sp³-hybridized carbons (Fsp3) is 0.267. The molecule has 2 atom stereocenters. The van der Waals surface area contributed by atoms with E-state index < -0.39 is 23.7 Å². The van der Waals surface area contributed by atoms with E-state index in [1.807, 2.05) is 6.92 Å². The zero-order chi connectivity index (χ0) is 29.4. The lowest BCUT2D eigenvalue weighted by Gasteiger charge is -2.24. The lowest BCUT2D eigenvalue weighted by Crippen LogP contribution is -2.29. The number of carbonyl (C=O) groups is 3. The smallest absolute Gasteiger partial charge is 0.350 e. The molecule has 1 saturated heterocycles. The zero-order valence-corrected chi connectivity index (χ0v) is 23.7. The maximum atomic E-state index is 13.6. The van der Waals surface area contributed by atoms with Gasteiger partial charge in [-0.3, -0.25) is 14.5 Å². The molecule has 2 aromatic carbocycles. The highest BCUT2D eigenvalue weighted by molar-refractivity contribution is 7.17. The number of aryl methyl sites for hydroxylation is 1. The monoisotopic (exact) mass is 576 g/mol. The third-order valence-electron chi connectivity index (χ3n) is 6.85. The van der Waals surface area contributed by atoms with E-state index in [0.717, 1.165) is 16.9 Å². The normalized spacial score (nSPS) is 19.1. The predicted octanol–water partition coefficient (Wildman–Crippen LogP) is 4.76. The number of aliphatic hydroxyl groups is 1. The van der Waals surface area contributed by atoms with Crippen LogP contribution in [0.5, 0.6) is 17.2 Å². The number of amides is 1. The summed E-state index contributed by atoms with van der Waals surface area (Å²) in [5, 5.41) is 11.7. The van der Waals surface area contributed by atoms with Gasteiger partial charge in [0.2, 0.25) is 0 Å². The number of anilines is 1. The van der Waals surface area contributed by atoms with Crippen LogP contribution >= 0.6 is 11.3 Å². The topological polar surface area (TPSA) is 124 Å². The van der Waals surface area contributed by atoms with Crippen LogP contribution in [-0.2, 0) is 20.7 Å². The number of benzene rings is 2. The summed E-state index contributed by atoms with van der Waals surface area (Å²) in [7, 11) is 2.96. The van der Waals surface area contributed by atoms with Crippen molar-refractivity contribution in [2.75, 3.05) is 25.7 Å². The number of fused-ring (bicyclic) bond motifs is 1. The van der Waals surface area contributed by atoms with Crippen LogP contribution in [0.1, 0.15) is 45.0 Å². The van der Waals surface area contributed by atoms with Crippen LogP contribution in [0.2, 0.25) is 0 Å². The number of methoxy groups -OCH3 is 2. The Hall–Kier alpha value is -4.64. The first kappa shape index (κ1) is 27.9. The van der Waals surface area contributed by atoms with Crippen LogP contribution in [0, 0.1) is 6.92 Å². The summed E-state index contributed by atoms with van der Waals surface area (Å²) in [5.74, 6) is -1.24. The average Bonchev–Trinajstić information content (AvgIpc) is 3.62. The molecule has 2 aliphatic rings. The molecule has 10 nitrogen and oxygen atoms in total. The summed E-state index contributed by atoms with van der Waals surface area (Å²) in [6.07, 6.45) is 2.07. The maximum Gasteiger partial charge on any atom is 0.350 e. The highest BCUT2D eigenvalue weighted by Crippen LogP contribution is 2.46. The molecule has 3 aromatic rings. The fourth-order valence-electron chi connectivity index (χ4n) is 4.97. The number of esters is 1. The Bertz CT molecular complexity index is 1610. The van der Waals surface area contributed by atoms with Gasteiger partial charge in [-0.2, -0.15) is 0 Å². The second-order valence-electron chi connectivity index (χ2n) is 9.54. The molecular formula is C30H28N2O8S. The quantitative estimate of drug-likeness (QED) is 0.133. The summed E-state index contributed by atoms with van der Waals surface area (Å²) in [6.45, 7) is 7.10. The number of hydrogen-bond donors (Lipinski definition) is 1. The Labute approximate surface area is 240 Å². The van der Waals surface area contributed by atoms with Crippen molar-refractivity contribution < 1.29 is 38.4 Å². The molecule has 5 rings (SSSR count). The van der Waals surface area contributed by atoms with E-state index in [9.17, 15) is 19.5 Å². The number of nitrogens with zero attached hydrogens (tertiary/aromatic N) is 2. The van der Waals surface area contributed by atoms with Crippen molar-refractivity contribution in [1.82, 2.24) is 4.98 Å². The van der Waals surface area contributed by atoms with Gasteiger partial charge >= 0.3 is 11.9 Å². The Morgan fingerprint density at radius 1 is 1.20 bits per heavy atom. The van der Waals surface area contributed by atoms with E-state index >= 15 is 0 Å². The van der Waals surface area contributed by atoms with E-state index in [0.29, 0.717) is 40.5 Å². The number of carbonyl (C=O) groups excluding carboxylic acids is 3. The van der Waals surface area contributed by atoms with Crippen molar-refractivity contribution in [1.29, 1.82) is 0 Å². The molecule has 0 bridgehead atoms. The maximum absolute atomic E-state index is 13.6. The predicted molar refractivity (Wildman–Crippen MR) is 152 cm³/mol. The van der Waals surface area contributed by atoms with Crippen LogP contribution < -0.4 is 19.1 Å². The number of aliphatic hydroxyl groups excluding tert-OH is 1. The van der Waals surface area contributed by atoms with Crippen molar-refractivity contribution in [3.63, 3.8) is 0 Å². The van der Waals surface area contributed by atoms with E-state index in [-0.39, 0.29) is 34.1 Å². The molecule has 212 valence electrons. The molecule has 1 N–H and O–H groups in total. The molecule has 1 fully saturated rings. The third kappa shape index (κ3) is 4.93. The SMILES string of the molecule is C=CCOC(=O)c1sc(N2C(=O)C(=O)/C(=C(/O)c3ccc4c(c3)CC(C)O4)C2c2ccc(OC)c(OC)c2)nc1C. The van der Waals surface area contributed by atoms with Gasteiger partial charge in [-0.05, 0) is 55.3 Å². The lowest BCUT2D eigenvalue weighted by molar-refractivity contribution is -0.132. The van der Waals surface area contributed by atoms with E-state index in [1.54, 1.807) is 43.3 Å². The summed E-state index contributed by atoms with van der Waals surface area (Å²) in [4.78, 5) is 45.6. The van der Waals surface area contributed by atoms with E-state index in [4.69, 9.17) is 18.9 Å². The number of ketones is 1. The molecule has 2 aliphatic heterocycles. The molecule has 0 saturated carbocycles. The van der Waals surface area contributed by atoms with Gasteiger partial charge in [-0.15, -0.1) is 0 Å². The first-order valence-corrected chi connectivity index (χ1v) is 13.6. The lowest BCUT2D eigenvalue weighted by atomic mass is 9.94. The van der Waals surface area contributed by atoms with Crippen LogP contribution in [0.15, 0.2) is 54.6 Å². The third-order valence-corrected chi connectivity index (χ3v) is 7.98. The summed E-state index contributed by atoms with van der Waals surface area (Å²) in [5.41, 5.74) is 1.92. The fourth-order valence-corrected chi connectivity index (χ4v) is 5.96. The molecule has 41 heavy (non-hydrogen) atoms. The van der Waals surface area contributed by atoms with Gasteiger partial charge in [0.05, 0.1) is 31.5 Å². The zero-order valence-electron chi connectivity index (χ0n) is 22.9. The summed E-state index contributed by atoms with van der Waals surface area (Å²) < 4.78 is 21.8. The number of ether oxygens (including phenoxy) is 4. The van der Waals surface area contributed by atoms with Gasteiger partial charge in [-0.25, -0.2) is 9.78 Å². The molecule has 0 radical (unpaired) electrons. The minimum Gasteiger partial charge on any atom is -0.507 e. The molecule has 1 amide bonds. The Kier molecular flexibility index (Phi) is 7.55. The van der Waals surface area contributed by atoms with Crippen molar-refractivity contribution in [2.24, 2.45) is 0 Å². The average molecular weight is 577 g/mol. The standard InChI is InChI=1S/C30H28N2O8S/c1-6-11-39-29(36)27-16(3)31-30(41-27)32-24(17-7-10-21(37-4)22(14-17)38-5)23(26(34)28(32)35)25(33)18-8-9-20-19(13-18)12-15(2)40-20/h6-10,13-15,24,33H,1,11-12H2,2-5H3/b25-23+. The second-order valence-corrected chi connectivity index (χ2v) is 10.5. The first-order chi connectivity index (χ1) is 19.7. The number of hydrogen-bond acceptors (Lipinski definition) is 10. The molecule has 0 aliphatic carbocycles. The highest BCUT2D eigenvalue weighted by atomic mass is 32.1. The molecule has 11 heteroatoms. The highest BCUT2D eigenvalue weighted by Gasteiger charge is 2.48. The minimum atomic E-state index is -1.08. The summed E-state index contributed by atoms with van der Waals surface area (Å²) in [6, 6.07) is 9.01. The molecular weight excluding hydrogens is 548 g/mol. The van der Waals surface area contributed by atoms with Gasteiger partial charge in [0.1, 0.15) is 29.1 Å². The summed E-state index contributed by atoms with van der Waals surface area (Å²) >= 11 is 0.919. The Balaban J connectivity index is 1.68. The van der Waals surface area contributed by atoms with Crippen molar-refractivity contribution >= 4 is 39.9 Å². The van der Waals surface area contributed by atoms with E-state index in [2.05, 4.69) is 11.6 Å².